The van der Waals surface area contributed by atoms with E-state index in [4.69, 9.17) is 0 Å². The molecule has 0 aromatic rings. The van der Waals surface area contributed by atoms with Crippen LogP contribution < -0.4 is 10.0 Å². The molecule has 11 atom stereocenters. The first-order valence-electron chi connectivity index (χ1n) is 15.9. The summed E-state index contributed by atoms with van der Waals surface area (Å²) in [5, 5.41) is 33.7. The number of hydrogen-bond donors (Lipinski definition) is 3. The second kappa shape index (κ2) is 12.7. The van der Waals surface area contributed by atoms with Gasteiger partial charge in [0.1, 0.15) is 0 Å². The van der Waals surface area contributed by atoms with E-state index in [-0.39, 0.29) is 41.3 Å². The lowest BCUT2D eigenvalue weighted by molar-refractivity contribution is -0.894. The molecule has 0 radical (unpaired) electrons. The molecule has 0 bridgehead atoms. The van der Waals surface area contributed by atoms with Crippen LogP contribution in [0.1, 0.15) is 113 Å². The number of aliphatic hydroxyl groups excluding tert-OH is 2. The van der Waals surface area contributed by atoms with E-state index >= 15 is 0 Å². The summed E-state index contributed by atoms with van der Waals surface area (Å²) in [4.78, 5) is 12.7. The Balaban J connectivity index is 0.000000479. The molecule has 5 heteroatoms. The zero-order chi connectivity index (χ0) is 27.5. The Labute approximate surface area is 227 Å². The number of aliphatic carboxylic acids is 1. The van der Waals surface area contributed by atoms with Crippen molar-refractivity contribution in [1.82, 2.24) is 0 Å². The van der Waals surface area contributed by atoms with Gasteiger partial charge in [0.15, 0.2) is 0 Å². The number of carboxylic acids is 1. The number of fused-ring (bicyclic) bond motifs is 5. The van der Waals surface area contributed by atoms with E-state index in [9.17, 15) is 20.1 Å². The monoisotopic (exact) mass is 521 g/mol. The summed E-state index contributed by atoms with van der Waals surface area (Å²) in [6.45, 7) is 19.8. The molecular weight excluding hydrogens is 462 g/mol. The predicted octanol–water partition coefficient (Wildman–Crippen LogP) is 3.71. The lowest BCUT2D eigenvalue weighted by Crippen LogP contribution is -3.11. The molecule has 0 spiro atoms. The van der Waals surface area contributed by atoms with Crippen molar-refractivity contribution in [2.75, 3.05) is 19.6 Å². The third kappa shape index (κ3) is 5.80. The van der Waals surface area contributed by atoms with Crippen molar-refractivity contribution < 1.29 is 25.0 Å². The van der Waals surface area contributed by atoms with Crippen molar-refractivity contribution in [1.29, 1.82) is 0 Å². The molecule has 4 aliphatic rings. The van der Waals surface area contributed by atoms with Gasteiger partial charge in [-0.2, -0.15) is 0 Å². The van der Waals surface area contributed by atoms with Gasteiger partial charge in [0, 0.05) is 5.97 Å². The van der Waals surface area contributed by atoms with Crippen molar-refractivity contribution in [2.24, 2.45) is 52.3 Å². The zero-order valence-electron chi connectivity index (χ0n) is 25.1. The first kappa shape index (κ1) is 30.9. The molecule has 0 heterocycles. The molecule has 5 nitrogen and oxygen atoms in total. The summed E-state index contributed by atoms with van der Waals surface area (Å²) in [6.07, 6.45) is 9.05. The highest BCUT2D eigenvalue weighted by molar-refractivity contribution is 5.64. The summed E-state index contributed by atoms with van der Waals surface area (Å²) >= 11 is 0. The van der Waals surface area contributed by atoms with E-state index in [1.54, 1.807) is 4.90 Å². The first-order chi connectivity index (χ1) is 17.5. The molecule has 4 rings (SSSR count). The normalized spacial score (nSPS) is 43.7. The Hall–Kier alpha value is -0.650. The van der Waals surface area contributed by atoms with Crippen LogP contribution in [0.15, 0.2) is 0 Å². The van der Waals surface area contributed by atoms with Gasteiger partial charge >= 0.3 is 0 Å². The smallest absolute Gasteiger partial charge is 0.0742 e. The number of quaternary nitrogens is 1. The molecule has 37 heavy (non-hydrogen) atoms. The largest absolute Gasteiger partial charge is 0.550 e. The molecule has 0 saturated heterocycles. The average molecular weight is 522 g/mol. The van der Waals surface area contributed by atoms with Gasteiger partial charge in [-0.3, -0.25) is 0 Å². The third-order valence-corrected chi connectivity index (χ3v) is 12.4. The Bertz CT molecular complexity index is 735. The zero-order valence-corrected chi connectivity index (χ0v) is 25.1. The molecule has 0 amide bonds. The summed E-state index contributed by atoms with van der Waals surface area (Å²) in [5.74, 6) is 1.78. The highest BCUT2D eigenvalue weighted by Crippen LogP contribution is 2.69. The summed E-state index contributed by atoms with van der Waals surface area (Å²) in [7, 11) is 0. The lowest BCUT2D eigenvalue weighted by atomic mass is 9.41. The molecule has 3 N–H and O–H groups in total. The van der Waals surface area contributed by atoms with Gasteiger partial charge in [0.25, 0.3) is 0 Å². The highest BCUT2D eigenvalue weighted by Gasteiger charge is 2.65. The van der Waals surface area contributed by atoms with Crippen molar-refractivity contribution in [3.8, 4) is 0 Å². The maximum absolute atomic E-state index is 11.7. The number of carbonyl (C=O) groups excluding carboxylic acids is 1. The van der Waals surface area contributed by atoms with Crippen LogP contribution in [0.5, 0.6) is 0 Å². The summed E-state index contributed by atoms with van der Waals surface area (Å²) in [6, 6.07) is 0. The highest BCUT2D eigenvalue weighted by atomic mass is 16.4. The van der Waals surface area contributed by atoms with Crippen molar-refractivity contribution in [3.63, 3.8) is 0 Å². The average Bonchev–Trinajstić information content (AvgIpc) is 3.22. The predicted molar refractivity (Wildman–Crippen MR) is 148 cm³/mol. The second-order valence-electron chi connectivity index (χ2n) is 13.8. The molecule has 2 unspecified atom stereocenters. The number of rotatable bonds is 8. The van der Waals surface area contributed by atoms with Crippen molar-refractivity contribution in [3.05, 3.63) is 0 Å². The van der Waals surface area contributed by atoms with E-state index in [0.29, 0.717) is 36.0 Å². The minimum atomic E-state index is -0.937. The Morgan fingerprint density at radius 1 is 0.946 bits per heavy atom. The quantitative estimate of drug-likeness (QED) is 0.455. The van der Waals surface area contributed by atoms with Gasteiger partial charge in [-0.05, 0) is 124 Å². The van der Waals surface area contributed by atoms with Crippen LogP contribution in [0.4, 0.5) is 0 Å². The maximum Gasteiger partial charge on any atom is 0.0742 e. The Morgan fingerprint density at radius 2 is 1.57 bits per heavy atom. The van der Waals surface area contributed by atoms with Gasteiger partial charge < -0.3 is 25.0 Å². The van der Waals surface area contributed by atoms with Gasteiger partial charge in [-0.1, -0.05) is 40.5 Å². The van der Waals surface area contributed by atoms with Crippen LogP contribution in [0.25, 0.3) is 0 Å². The Morgan fingerprint density at radius 3 is 2.11 bits per heavy atom. The van der Waals surface area contributed by atoms with E-state index in [2.05, 4.69) is 48.5 Å². The SMILES string of the molecule is CCC1C2[C@H](O)CCC[C@]2(C)[C@H]2CC[C@]3(C)[C@@H]([C@H](C)CCC(=O)[O-])CC[C@H]3[C@@H]2[C@@H]1O.CC[NH+](CC)CC. The van der Waals surface area contributed by atoms with Gasteiger partial charge in [0.05, 0.1) is 31.8 Å². The van der Waals surface area contributed by atoms with Crippen LogP contribution in [0, 0.1) is 52.3 Å². The number of aliphatic hydroxyl groups is 2. The summed E-state index contributed by atoms with van der Waals surface area (Å²) < 4.78 is 0. The number of nitrogens with one attached hydrogen (secondary N) is 1. The molecular formula is C32H59NO4. The minimum Gasteiger partial charge on any atom is -0.550 e. The summed E-state index contributed by atoms with van der Waals surface area (Å²) in [5.41, 5.74) is 0.338. The molecule has 4 aliphatic carbocycles. The second-order valence-corrected chi connectivity index (χ2v) is 13.8. The van der Waals surface area contributed by atoms with Crippen molar-refractivity contribution >= 4 is 5.97 Å². The fourth-order valence-electron chi connectivity index (χ4n) is 10.4. The molecule has 0 aromatic heterocycles. The number of hydrogen-bond acceptors (Lipinski definition) is 4. The van der Waals surface area contributed by atoms with Crippen LogP contribution in [0.3, 0.4) is 0 Å². The Kier molecular flexibility index (Phi) is 10.6. The molecule has 4 fully saturated rings. The molecule has 216 valence electrons. The molecule has 4 saturated carbocycles. The lowest BCUT2D eigenvalue weighted by Gasteiger charge is -2.65. The standard InChI is InChI=1S/C26H44O4.C6H15N/c1-5-16-23-20(27)7-6-13-26(23,4)19-12-14-25(3)17(15(2)8-11-21(28)29)9-10-18(25)22(19)24(16)30;1-4-7(5-2)6-3/h15-20,22-24,27,30H,5-14H2,1-4H3,(H,28,29);4-6H2,1-3H3/t15-,16?,17-,18+,19+,20-,22+,23?,24-,25-,26-;/m1./s1. The fraction of sp³-hybridized carbons (Fsp3) is 0.969. The topological polar surface area (TPSA) is 85.0 Å². The van der Waals surface area contributed by atoms with Crippen LogP contribution in [-0.2, 0) is 4.79 Å². The number of carboxylic acid groups (broad SMARTS) is 1. The van der Waals surface area contributed by atoms with Gasteiger partial charge in [-0.15, -0.1) is 0 Å². The van der Waals surface area contributed by atoms with Crippen LogP contribution in [-0.4, -0.2) is 48.0 Å². The van der Waals surface area contributed by atoms with Crippen LogP contribution in [0.2, 0.25) is 0 Å². The van der Waals surface area contributed by atoms with Gasteiger partial charge in [0.2, 0.25) is 0 Å². The number of carbonyl (C=O) groups is 1. The van der Waals surface area contributed by atoms with E-state index in [1.807, 2.05) is 0 Å². The van der Waals surface area contributed by atoms with E-state index in [0.717, 1.165) is 38.5 Å². The van der Waals surface area contributed by atoms with Gasteiger partial charge in [-0.25, -0.2) is 0 Å². The van der Waals surface area contributed by atoms with E-state index < -0.39 is 5.97 Å². The van der Waals surface area contributed by atoms with Crippen molar-refractivity contribution in [2.45, 2.75) is 125 Å². The molecule has 0 aliphatic heterocycles. The molecule has 0 aromatic carbocycles. The third-order valence-electron chi connectivity index (χ3n) is 12.4. The maximum atomic E-state index is 11.7. The first-order valence-corrected chi connectivity index (χ1v) is 15.9. The minimum absolute atomic E-state index is 0.141. The van der Waals surface area contributed by atoms with E-state index in [1.165, 1.54) is 32.5 Å². The fourth-order valence-corrected chi connectivity index (χ4v) is 10.4. The van der Waals surface area contributed by atoms with Crippen LogP contribution >= 0.6 is 0 Å².